The highest BCUT2D eigenvalue weighted by Gasteiger charge is 2.23. The lowest BCUT2D eigenvalue weighted by molar-refractivity contribution is 0.0599. The summed E-state index contributed by atoms with van der Waals surface area (Å²) in [5, 5.41) is 0. The Morgan fingerprint density at radius 1 is 1.17 bits per heavy atom. The first-order chi connectivity index (χ1) is 11.6. The van der Waals surface area contributed by atoms with Gasteiger partial charge in [-0.1, -0.05) is 6.07 Å². The van der Waals surface area contributed by atoms with E-state index in [4.69, 9.17) is 4.74 Å². The van der Waals surface area contributed by atoms with Gasteiger partial charge in [0.05, 0.1) is 11.3 Å². The Morgan fingerprint density at radius 3 is 2.50 bits per heavy atom. The number of Topliss-reactive ketones (excluding diaryl/α,β-unsaturated/α-hetero) is 1. The minimum absolute atomic E-state index is 0.0642. The highest BCUT2D eigenvalue weighted by molar-refractivity contribution is 6.10. The molecule has 126 valence electrons. The molecule has 0 bridgehead atoms. The van der Waals surface area contributed by atoms with E-state index >= 15 is 0 Å². The third-order valence-corrected chi connectivity index (χ3v) is 4.25. The second kappa shape index (κ2) is 7.05. The molecular weight excluding hydrogens is 316 g/mol. The molecule has 0 unspecified atom stereocenters. The smallest absolute Gasteiger partial charge is 0.200 e. The van der Waals surface area contributed by atoms with Gasteiger partial charge >= 0.3 is 0 Å². The van der Waals surface area contributed by atoms with Crippen LogP contribution >= 0.6 is 0 Å². The van der Waals surface area contributed by atoms with Crippen LogP contribution in [0.15, 0.2) is 30.5 Å². The van der Waals surface area contributed by atoms with Crippen molar-refractivity contribution in [2.24, 2.45) is 5.92 Å². The van der Waals surface area contributed by atoms with Crippen molar-refractivity contribution in [3.8, 4) is 0 Å². The molecule has 1 aromatic carbocycles. The molecule has 1 aliphatic rings. The molecule has 1 N–H and O–H groups in total. The minimum Gasteiger partial charge on any atom is -0.381 e. The molecule has 1 fully saturated rings. The summed E-state index contributed by atoms with van der Waals surface area (Å²) >= 11 is 0. The van der Waals surface area contributed by atoms with Gasteiger partial charge in [-0.15, -0.1) is 0 Å². The minimum atomic E-state index is -0.920. The molecule has 3 rings (SSSR count). The molecule has 1 saturated heterocycles. The van der Waals surface area contributed by atoms with Crippen molar-refractivity contribution in [2.75, 3.05) is 13.2 Å². The molecule has 0 saturated carbocycles. The quantitative estimate of drug-likeness (QED) is 0.852. The molecule has 0 radical (unpaired) electrons. The number of aromatic nitrogens is 1. The molecular formula is C18H17F2NO3. The standard InChI is InChI=1S/C18H17F2NO3/c19-13-2-1-3-14(20)17(13)18(23)12-9-15(21-10-12)16(22)8-11-4-6-24-7-5-11/h1-3,9-11,21H,4-8H2. The van der Waals surface area contributed by atoms with Crippen molar-refractivity contribution in [3.05, 3.63) is 58.9 Å². The second-order valence-electron chi connectivity index (χ2n) is 5.91. The highest BCUT2D eigenvalue weighted by atomic mass is 19.1. The number of rotatable bonds is 5. The molecule has 4 nitrogen and oxygen atoms in total. The van der Waals surface area contributed by atoms with Crippen LogP contribution in [0.5, 0.6) is 0 Å². The van der Waals surface area contributed by atoms with E-state index in [2.05, 4.69) is 4.98 Å². The number of carbonyl (C=O) groups excluding carboxylic acids is 2. The van der Waals surface area contributed by atoms with E-state index in [-0.39, 0.29) is 23.0 Å². The van der Waals surface area contributed by atoms with Crippen molar-refractivity contribution >= 4 is 11.6 Å². The Labute approximate surface area is 137 Å². The predicted molar refractivity (Wildman–Crippen MR) is 83.1 cm³/mol. The normalized spacial score (nSPS) is 15.4. The number of aromatic amines is 1. The predicted octanol–water partition coefficient (Wildman–Crippen LogP) is 3.52. The summed E-state index contributed by atoms with van der Waals surface area (Å²) in [7, 11) is 0. The van der Waals surface area contributed by atoms with Gasteiger partial charge in [0, 0.05) is 31.4 Å². The number of hydrogen-bond acceptors (Lipinski definition) is 3. The highest BCUT2D eigenvalue weighted by Crippen LogP contribution is 2.22. The lowest BCUT2D eigenvalue weighted by atomic mass is 9.93. The lowest BCUT2D eigenvalue weighted by Crippen LogP contribution is -2.18. The zero-order valence-corrected chi connectivity index (χ0v) is 13.0. The van der Waals surface area contributed by atoms with Crippen LogP contribution in [0.3, 0.4) is 0 Å². The number of ketones is 2. The fourth-order valence-corrected chi connectivity index (χ4v) is 2.87. The van der Waals surface area contributed by atoms with Gasteiger partial charge in [0.15, 0.2) is 11.6 Å². The first-order valence-corrected chi connectivity index (χ1v) is 7.84. The van der Waals surface area contributed by atoms with Crippen LogP contribution in [-0.4, -0.2) is 29.8 Å². The topological polar surface area (TPSA) is 59.2 Å². The Hall–Kier alpha value is -2.34. The molecule has 6 heteroatoms. The first kappa shape index (κ1) is 16.5. The summed E-state index contributed by atoms with van der Waals surface area (Å²) in [6, 6.07) is 4.61. The van der Waals surface area contributed by atoms with E-state index in [1.54, 1.807) is 0 Å². The van der Waals surface area contributed by atoms with Gasteiger partial charge in [0.1, 0.15) is 11.6 Å². The zero-order valence-electron chi connectivity index (χ0n) is 13.0. The number of halogens is 2. The van der Waals surface area contributed by atoms with E-state index in [1.165, 1.54) is 18.3 Å². The van der Waals surface area contributed by atoms with Crippen molar-refractivity contribution in [2.45, 2.75) is 19.3 Å². The fourth-order valence-electron chi connectivity index (χ4n) is 2.87. The second-order valence-corrected chi connectivity index (χ2v) is 5.91. The van der Waals surface area contributed by atoms with E-state index in [9.17, 15) is 18.4 Å². The summed E-state index contributed by atoms with van der Waals surface area (Å²) in [4.78, 5) is 27.3. The maximum atomic E-state index is 13.7. The van der Waals surface area contributed by atoms with Crippen LogP contribution in [-0.2, 0) is 4.74 Å². The van der Waals surface area contributed by atoms with E-state index in [0.717, 1.165) is 25.0 Å². The molecule has 1 aliphatic heterocycles. The summed E-state index contributed by atoms with van der Waals surface area (Å²) < 4.78 is 32.7. The van der Waals surface area contributed by atoms with E-state index in [0.29, 0.717) is 19.6 Å². The largest absolute Gasteiger partial charge is 0.381 e. The number of carbonyl (C=O) groups is 2. The molecule has 0 amide bonds. The Morgan fingerprint density at radius 2 is 1.83 bits per heavy atom. The Balaban J connectivity index is 1.75. The maximum absolute atomic E-state index is 13.7. The molecule has 2 aromatic rings. The van der Waals surface area contributed by atoms with E-state index in [1.807, 2.05) is 0 Å². The van der Waals surface area contributed by atoms with Gasteiger partial charge in [0.25, 0.3) is 0 Å². The van der Waals surface area contributed by atoms with Crippen molar-refractivity contribution in [1.82, 2.24) is 4.98 Å². The van der Waals surface area contributed by atoms with Gasteiger partial charge in [-0.2, -0.15) is 0 Å². The van der Waals surface area contributed by atoms with Gasteiger partial charge in [-0.25, -0.2) is 8.78 Å². The van der Waals surface area contributed by atoms with Gasteiger partial charge in [0.2, 0.25) is 0 Å². The molecule has 24 heavy (non-hydrogen) atoms. The molecule has 0 spiro atoms. The average Bonchev–Trinajstić information content (AvgIpc) is 3.05. The molecule has 0 atom stereocenters. The van der Waals surface area contributed by atoms with Crippen LogP contribution in [0.2, 0.25) is 0 Å². The summed E-state index contributed by atoms with van der Waals surface area (Å²) in [6.07, 6.45) is 3.34. The number of benzene rings is 1. The number of ether oxygens (including phenoxy) is 1. The van der Waals surface area contributed by atoms with E-state index < -0.39 is 23.0 Å². The Bertz CT molecular complexity index is 743. The first-order valence-electron chi connectivity index (χ1n) is 7.84. The number of H-pyrrole nitrogens is 1. The Kier molecular flexibility index (Phi) is 4.85. The monoisotopic (exact) mass is 333 g/mol. The number of hydrogen-bond donors (Lipinski definition) is 1. The zero-order chi connectivity index (χ0) is 17.1. The van der Waals surface area contributed by atoms with Crippen molar-refractivity contribution < 1.29 is 23.1 Å². The molecule has 1 aromatic heterocycles. The summed E-state index contributed by atoms with van der Waals surface area (Å²) in [5.41, 5.74) is -0.268. The maximum Gasteiger partial charge on any atom is 0.200 e. The SMILES string of the molecule is O=C(CC1CCOCC1)c1cc(C(=O)c2c(F)cccc2F)c[nH]1. The van der Waals surface area contributed by atoms with Gasteiger partial charge in [-0.3, -0.25) is 9.59 Å². The van der Waals surface area contributed by atoms with Crippen LogP contribution in [0.4, 0.5) is 8.78 Å². The summed E-state index contributed by atoms with van der Waals surface area (Å²) in [6.45, 7) is 1.30. The average molecular weight is 333 g/mol. The fraction of sp³-hybridized carbons (Fsp3) is 0.333. The van der Waals surface area contributed by atoms with Crippen molar-refractivity contribution in [3.63, 3.8) is 0 Å². The van der Waals surface area contributed by atoms with Crippen molar-refractivity contribution in [1.29, 1.82) is 0 Å². The van der Waals surface area contributed by atoms with Crippen LogP contribution in [0.1, 0.15) is 45.7 Å². The van der Waals surface area contributed by atoms with Gasteiger partial charge < -0.3 is 9.72 Å². The van der Waals surface area contributed by atoms with Crippen LogP contribution < -0.4 is 0 Å². The third-order valence-electron chi connectivity index (χ3n) is 4.25. The van der Waals surface area contributed by atoms with Crippen LogP contribution in [0.25, 0.3) is 0 Å². The molecule has 0 aliphatic carbocycles. The van der Waals surface area contributed by atoms with Gasteiger partial charge in [-0.05, 0) is 37.0 Å². The van der Waals surface area contributed by atoms with Crippen LogP contribution in [0, 0.1) is 17.6 Å². The summed E-state index contributed by atoms with van der Waals surface area (Å²) in [5.74, 6) is -2.48. The lowest BCUT2D eigenvalue weighted by Gasteiger charge is -2.20. The number of nitrogens with one attached hydrogen (secondary N) is 1. The third kappa shape index (κ3) is 3.43. The molecule has 2 heterocycles.